The summed E-state index contributed by atoms with van der Waals surface area (Å²) in [6.45, 7) is 1.65. The van der Waals surface area contributed by atoms with Crippen molar-refractivity contribution in [3.05, 3.63) is 11.9 Å². The zero-order valence-electron chi connectivity index (χ0n) is 9.06. The molecule has 2 rings (SSSR count). The van der Waals surface area contributed by atoms with E-state index in [4.69, 9.17) is 0 Å². The topological polar surface area (TPSA) is 63.0 Å². The van der Waals surface area contributed by atoms with E-state index in [2.05, 4.69) is 15.6 Å². The normalized spacial score (nSPS) is 26.0. The maximum Gasteiger partial charge on any atom is 0.0738 e. The highest BCUT2D eigenvalue weighted by Gasteiger charge is 2.24. The van der Waals surface area contributed by atoms with Gasteiger partial charge in [0.05, 0.1) is 18.0 Å². The Balaban J connectivity index is 1.73. The summed E-state index contributed by atoms with van der Waals surface area (Å²) < 4.78 is 1.76. The van der Waals surface area contributed by atoms with Crippen LogP contribution in [0.2, 0.25) is 0 Å². The number of rotatable bonds is 4. The van der Waals surface area contributed by atoms with Crippen LogP contribution in [0.1, 0.15) is 25.0 Å². The minimum absolute atomic E-state index is 0.109. The Labute approximate surface area is 89.5 Å². The first-order chi connectivity index (χ1) is 7.27. The van der Waals surface area contributed by atoms with Crippen LogP contribution in [0.25, 0.3) is 0 Å². The lowest BCUT2D eigenvalue weighted by Crippen LogP contribution is -2.28. The van der Waals surface area contributed by atoms with Crippen LogP contribution in [0, 0.1) is 5.92 Å². The van der Waals surface area contributed by atoms with Crippen molar-refractivity contribution in [2.45, 2.75) is 31.9 Å². The summed E-state index contributed by atoms with van der Waals surface area (Å²) in [4.78, 5) is 0. The van der Waals surface area contributed by atoms with Crippen LogP contribution in [0.15, 0.2) is 6.20 Å². The number of aromatic nitrogens is 3. The molecule has 2 unspecified atom stereocenters. The van der Waals surface area contributed by atoms with Gasteiger partial charge in [-0.3, -0.25) is 4.68 Å². The van der Waals surface area contributed by atoms with Gasteiger partial charge in [0.15, 0.2) is 0 Å². The van der Waals surface area contributed by atoms with Gasteiger partial charge in [-0.05, 0) is 18.8 Å². The van der Waals surface area contributed by atoms with E-state index < -0.39 is 0 Å². The molecule has 0 spiro atoms. The molecule has 1 aromatic rings. The number of aryl methyl sites for hydroxylation is 1. The molecular weight excluding hydrogens is 192 g/mol. The third-order valence-corrected chi connectivity index (χ3v) is 3.14. The molecule has 0 radical (unpaired) electrons. The van der Waals surface area contributed by atoms with Gasteiger partial charge in [-0.25, -0.2) is 0 Å². The molecule has 5 heteroatoms. The standard InChI is InChI=1S/C10H18N4O/c1-14-9(7-12-13-14)6-11-5-8-3-2-4-10(8)15/h7-8,10-11,15H,2-6H2,1H3. The Kier molecular flexibility index (Phi) is 3.33. The van der Waals surface area contributed by atoms with Crippen LogP contribution in [0.4, 0.5) is 0 Å². The zero-order chi connectivity index (χ0) is 10.7. The molecule has 0 amide bonds. The first kappa shape index (κ1) is 10.6. The number of nitrogens with one attached hydrogen (secondary N) is 1. The summed E-state index contributed by atoms with van der Waals surface area (Å²) in [5.74, 6) is 0.422. The largest absolute Gasteiger partial charge is 0.393 e. The first-order valence-corrected chi connectivity index (χ1v) is 5.49. The number of nitrogens with zero attached hydrogens (tertiary/aromatic N) is 3. The van der Waals surface area contributed by atoms with Crippen LogP contribution >= 0.6 is 0 Å². The average molecular weight is 210 g/mol. The zero-order valence-corrected chi connectivity index (χ0v) is 9.06. The second kappa shape index (κ2) is 4.72. The van der Waals surface area contributed by atoms with E-state index in [1.165, 1.54) is 0 Å². The Hall–Kier alpha value is -0.940. The molecule has 15 heavy (non-hydrogen) atoms. The molecule has 1 aliphatic carbocycles. The highest BCUT2D eigenvalue weighted by molar-refractivity contribution is 4.92. The van der Waals surface area contributed by atoms with E-state index in [1.54, 1.807) is 10.9 Å². The van der Waals surface area contributed by atoms with Crippen LogP contribution in [-0.4, -0.2) is 32.7 Å². The predicted octanol–water partition coefficient (Wildman–Crippen LogP) is 0.0657. The van der Waals surface area contributed by atoms with E-state index >= 15 is 0 Å². The molecule has 1 fully saturated rings. The van der Waals surface area contributed by atoms with Gasteiger partial charge in [0.2, 0.25) is 0 Å². The van der Waals surface area contributed by atoms with Crippen molar-refractivity contribution in [1.29, 1.82) is 0 Å². The fraction of sp³-hybridized carbons (Fsp3) is 0.800. The summed E-state index contributed by atoms with van der Waals surface area (Å²) in [5.41, 5.74) is 1.07. The molecule has 0 aromatic carbocycles. The highest BCUT2D eigenvalue weighted by Crippen LogP contribution is 2.24. The Morgan fingerprint density at radius 3 is 3.07 bits per heavy atom. The lowest BCUT2D eigenvalue weighted by Gasteiger charge is -2.14. The molecule has 0 saturated heterocycles. The molecule has 5 nitrogen and oxygen atoms in total. The van der Waals surface area contributed by atoms with Gasteiger partial charge in [-0.1, -0.05) is 11.6 Å². The molecule has 1 saturated carbocycles. The molecule has 84 valence electrons. The van der Waals surface area contributed by atoms with Crippen molar-refractivity contribution in [2.24, 2.45) is 13.0 Å². The average Bonchev–Trinajstić information content (AvgIpc) is 2.78. The second-order valence-corrected chi connectivity index (χ2v) is 4.24. The van der Waals surface area contributed by atoms with Gasteiger partial charge < -0.3 is 10.4 Å². The number of hydrogen-bond donors (Lipinski definition) is 2. The third kappa shape index (κ3) is 2.54. The summed E-state index contributed by atoms with van der Waals surface area (Å²) in [5, 5.41) is 20.6. The Morgan fingerprint density at radius 1 is 1.60 bits per heavy atom. The van der Waals surface area contributed by atoms with Crippen molar-refractivity contribution >= 4 is 0 Å². The highest BCUT2D eigenvalue weighted by atomic mass is 16.3. The van der Waals surface area contributed by atoms with Crippen molar-refractivity contribution in [2.75, 3.05) is 6.54 Å². The minimum atomic E-state index is -0.109. The van der Waals surface area contributed by atoms with Gasteiger partial charge in [0.1, 0.15) is 0 Å². The smallest absolute Gasteiger partial charge is 0.0738 e. The summed E-state index contributed by atoms with van der Waals surface area (Å²) in [7, 11) is 1.88. The lowest BCUT2D eigenvalue weighted by molar-refractivity contribution is 0.131. The second-order valence-electron chi connectivity index (χ2n) is 4.24. The van der Waals surface area contributed by atoms with Crippen molar-refractivity contribution in [1.82, 2.24) is 20.3 Å². The van der Waals surface area contributed by atoms with E-state index in [0.29, 0.717) is 5.92 Å². The van der Waals surface area contributed by atoms with Crippen molar-refractivity contribution in [3.8, 4) is 0 Å². The molecular formula is C10H18N4O. The number of aliphatic hydroxyl groups is 1. The minimum Gasteiger partial charge on any atom is -0.393 e. The fourth-order valence-corrected chi connectivity index (χ4v) is 2.11. The SMILES string of the molecule is Cn1nncc1CNCC1CCCC1O. The fourth-order valence-electron chi connectivity index (χ4n) is 2.11. The summed E-state index contributed by atoms with van der Waals surface area (Å²) in [6.07, 6.45) is 4.90. The monoisotopic (exact) mass is 210 g/mol. The van der Waals surface area contributed by atoms with Gasteiger partial charge in [0, 0.05) is 20.1 Å². The Bertz CT molecular complexity index is 312. The maximum atomic E-state index is 9.63. The van der Waals surface area contributed by atoms with E-state index in [0.717, 1.165) is 38.0 Å². The van der Waals surface area contributed by atoms with Crippen LogP contribution in [0.3, 0.4) is 0 Å². The van der Waals surface area contributed by atoms with Crippen LogP contribution in [-0.2, 0) is 13.6 Å². The number of hydrogen-bond acceptors (Lipinski definition) is 4. The molecule has 0 aliphatic heterocycles. The molecule has 0 bridgehead atoms. The van der Waals surface area contributed by atoms with Crippen LogP contribution < -0.4 is 5.32 Å². The third-order valence-electron chi connectivity index (χ3n) is 3.14. The summed E-state index contributed by atoms with van der Waals surface area (Å²) >= 11 is 0. The van der Waals surface area contributed by atoms with Crippen LogP contribution in [0.5, 0.6) is 0 Å². The predicted molar refractivity (Wildman–Crippen MR) is 56.1 cm³/mol. The van der Waals surface area contributed by atoms with Crippen molar-refractivity contribution in [3.63, 3.8) is 0 Å². The van der Waals surface area contributed by atoms with Gasteiger partial charge >= 0.3 is 0 Å². The lowest BCUT2D eigenvalue weighted by atomic mass is 10.1. The molecule has 2 N–H and O–H groups in total. The number of aliphatic hydroxyl groups excluding tert-OH is 1. The van der Waals surface area contributed by atoms with Gasteiger partial charge in [0.25, 0.3) is 0 Å². The first-order valence-electron chi connectivity index (χ1n) is 5.49. The Morgan fingerprint density at radius 2 is 2.47 bits per heavy atom. The molecule has 1 aliphatic rings. The van der Waals surface area contributed by atoms with Gasteiger partial charge in [-0.15, -0.1) is 5.10 Å². The molecule has 2 atom stereocenters. The summed E-state index contributed by atoms with van der Waals surface area (Å²) in [6, 6.07) is 0. The van der Waals surface area contributed by atoms with E-state index in [-0.39, 0.29) is 6.10 Å². The maximum absolute atomic E-state index is 9.63. The quantitative estimate of drug-likeness (QED) is 0.738. The van der Waals surface area contributed by atoms with E-state index in [9.17, 15) is 5.11 Å². The molecule has 1 heterocycles. The van der Waals surface area contributed by atoms with Crippen molar-refractivity contribution < 1.29 is 5.11 Å². The van der Waals surface area contributed by atoms with E-state index in [1.807, 2.05) is 7.05 Å². The molecule has 1 aromatic heterocycles. The van der Waals surface area contributed by atoms with Gasteiger partial charge in [-0.2, -0.15) is 0 Å².